The van der Waals surface area contributed by atoms with E-state index in [2.05, 4.69) is 26.1 Å². The first kappa shape index (κ1) is 20.9. The molecular formula is C24H30N2O3. The second-order valence-corrected chi connectivity index (χ2v) is 8.47. The van der Waals surface area contributed by atoms with Crippen molar-refractivity contribution < 1.29 is 14.3 Å². The zero-order valence-electron chi connectivity index (χ0n) is 17.7. The number of nitrogens with zero attached hydrogens (tertiary/aromatic N) is 1. The minimum atomic E-state index is -0.574. The number of ether oxygens (including phenoxy) is 1. The molecule has 1 aliphatic heterocycles. The van der Waals surface area contributed by atoms with Gasteiger partial charge in [-0.2, -0.15) is 0 Å². The molecule has 154 valence electrons. The van der Waals surface area contributed by atoms with Crippen molar-refractivity contribution in [2.75, 3.05) is 16.8 Å². The summed E-state index contributed by atoms with van der Waals surface area (Å²) in [6, 6.07) is 15.3. The maximum atomic E-state index is 12.7. The largest absolute Gasteiger partial charge is 0.481 e. The van der Waals surface area contributed by atoms with Crippen molar-refractivity contribution in [2.45, 2.75) is 58.5 Å². The highest BCUT2D eigenvalue weighted by Gasteiger charge is 2.22. The molecule has 1 unspecified atom stereocenters. The third-order valence-electron chi connectivity index (χ3n) is 5.18. The predicted octanol–water partition coefficient (Wildman–Crippen LogP) is 4.91. The van der Waals surface area contributed by atoms with Crippen molar-refractivity contribution in [1.82, 2.24) is 0 Å². The zero-order valence-corrected chi connectivity index (χ0v) is 17.7. The Morgan fingerprint density at radius 1 is 1.10 bits per heavy atom. The second kappa shape index (κ2) is 8.68. The minimum absolute atomic E-state index is 0.0753. The Kier molecular flexibility index (Phi) is 6.26. The molecule has 1 aliphatic rings. The molecule has 29 heavy (non-hydrogen) atoms. The normalized spacial score (nSPS) is 15.3. The van der Waals surface area contributed by atoms with Crippen LogP contribution in [0.3, 0.4) is 0 Å². The van der Waals surface area contributed by atoms with Gasteiger partial charge in [0.15, 0.2) is 6.10 Å². The van der Waals surface area contributed by atoms with Crippen molar-refractivity contribution in [1.29, 1.82) is 0 Å². The molecule has 1 N–H and O–H groups in total. The number of nitrogens with one attached hydrogen (secondary N) is 1. The summed E-state index contributed by atoms with van der Waals surface area (Å²) < 4.78 is 5.92. The summed E-state index contributed by atoms with van der Waals surface area (Å²) in [5.41, 5.74) is 2.86. The lowest BCUT2D eigenvalue weighted by atomic mass is 9.87. The molecule has 0 radical (unpaired) electrons. The molecule has 3 rings (SSSR count). The number of benzene rings is 2. The molecular weight excluding hydrogens is 364 g/mol. The number of hydrogen-bond acceptors (Lipinski definition) is 3. The van der Waals surface area contributed by atoms with Crippen molar-refractivity contribution in [3.8, 4) is 5.75 Å². The van der Waals surface area contributed by atoms with E-state index in [1.165, 1.54) is 5.56 Å². The van der Waals surface area contributed by atoms with E-state index in [9.17, 15) is 9.59 Å². The van der Waals surface area contributed by atoms with Gasteiger partial charge in [0.2, 0.25) is 5.91 Å². The van der Waals surface area contributed by atoms with Crippen molar-refractivity contribution in [3.63, 3.8) is 0 Å². The SMILES string of the molecule is CCC(Oc1ccc(C(C)(C)C)cc1)C(=O)Nc1ccc(N2CCCC2=O)cc1. The van der Waals surface area contributed by atoms with Crippen LogP contribution in [0.2, 0.25) is 0 Å². The van der Waals surface area contributed by atoms with Crippen LogP contribution in [0.15, 0.2) is 48.5 Å². The molecule has 5 heteroatoms. The summed E-state index contributed by atoms with van der Waals surface area (Å²) in [6.45, 7) is 9.17. The van der Waals surface area contributed by atoms with Crippen LogP contribution in [0, 0.1) is 0 Å². The van der Waals surface area contributed by atoms with Crippen molar-refractivity contribution in [2.24, 2.45) is 0 Å². The fraction of sp³-hybridized carbons (Fsp3) is 0.417. The van der Waals surface area contributed by atoms with Gasteiger partial charge in [-0.05, 0) is 60.2 Å². The molecule has 0 bridgehead atoms. The standard InChI is InChI=1S/C24H30N2O3/c1-5-21(29-20-14-8-17(9-15-20)24(2,3)4)23(28)25-18-10-12-19(13-11-18)26-16-6-7-22(26)27/h8-15,21H,5-7,16H2,1-4H3,(H,25,28). The van der Waals surface area contributed by atoms with Gasteiger partial charge in [-0.25, -0.2) is 0 Å². The Labute approximate surface area is 173 Å². The third kappa shape index (κ3) is 5.17. The summed E-state index contributed by atoms with van der Waals surface area (Å²) in [7, 11) is 0. The molecule has 1 heterocycles. The number of rotatable bonds is 6. The first-order valence-corrected chi connectivity index (χ1v) is 10.3. The number of hydrogen-bond donors (Lipinski definition) is 1. The molecule has 5 nitrogen and oxygen atoms in total. The minimum Gasteiger partial charge on any atom is -0.481 e. The molecule has 0 spiro atoms. The van der Waals surface area contributed by atoms with Crippen LogP contribution in [0.1, 0.15) is 52.5 Å². The highest BCUT2D eigenvalue weighted by molar-refractivity contribution is 5.97. The summed E-state index contributed by atoms with van der Waals surface area (Å²) in [5, 5.41) is 2.91. The number of amides is 2. The summed E-state index contributed by atoms with van der Waals surface area (Å²) >= 11 is 0. The summed E-state index contributed by atoms with van der Waals surface area (Å²) in [4.78, 5) is 26.3. The molecule has 1 saturated heterocycles. The molecule has 2 aromatic rings. The van der Waals surface area contributed by atoms with Crippen molar-refractivity contribution in [3.05, 3.63) is 54.1 Å². The maximum Gasteiger partial charge on any atom is 0.265 e. The van der Waals surface area contributed by atoms with Gasteiger partial charge in [-0.3, -0.25) is 9.59 Å². The van der Waals surface area contributed by atoms with Crippen LogP contribution < -0.4 is 15.0 Å². The van der Waals surface area contributed by atoms with E-state index < -0.39 is 6.10 Å². The van der Waals surface area contributed by atoms with E-state index in [1.54, 1.807) is 4.90 Å². The van der Waals surface area contributed by atoms with Gasteiger partial charge in [0.25, 0.3) is 5.91 Å². The quantitative estimate of drug-likeness (QED) is 0.757. The van der Waals surface area contributed by atoms with Gasteiger partial charge in [0.1, 0.15) is 5.75 Å². The molecule has 2 amide bonds. The molecule has 1 fully saturated rings. The first-order chi connectivity index (χ1) is 13.8. The zero-order chi connectivity index (χ0) is 21.0. The Bertz CT molecular complexity index is 851. The highest BCUT2D eigenvalue weighted by Crippen LogP contribution is 2.26. The fourth-order valence-corrected chi connectivity index (χ4v) is 3.39. The van der Waals surface area contributed by atoms with Crippen LogP contribution in [0.25, 0.3) is 0 Å². The second-order valence-electron chi connectivity index (χ2n) is 8.47. The van der Waals surface area contributed by atoms with E-state index >= 15 is 0 Å². The van der Waals surface area contributed by atoms with Crippen LogP contribution in [-0.2, 0) is 15.0 Å². The third-order valence-corrected chi connectivity index (χ3v) is 5.18. The topological polar surface area (TPSA) is 58.6 Å². The lowest BCUT2D eigenvalue weighted by molar-refractivity contribution is -0.122. The highest BCUT2D eigenvalue weighted by atomic mass is 16.5. The van der Waals surface area contributed by atoms with Crippen LogP contribution in [0.5, 0.6) is 5.75 Å². The van der Waals surface area contributed by atoms with Gasteiger partial charge in [0.05, 0.1) is 0 Å². The Balaban J connectivity index is 1.61. The lowest BCUT2D eigenvalue weighted by Gasteiger charge is -2.21. The van der Waals surface area contributed by atoms with E-state index in [0.29, 0.717) is 24.3 Å². The van der Waals surface area contributed by atoms with E-state index in [0.717, 1.165) is 18.7 Å². The Morgan fingerprint density at radius 2 is 1.76 bits per heavy atom. The predicted molar refractivity (Wildman–Crippen MR) is 117 cm³/mol. The smallest absolute Gasteiger partial charge is 0.265 e. The first-order valence-electron chi connectivity index (χ1n) is 10.3. The number of anilines is 2. The van der Waals surface area contributed by atoms with E-state index in [4.69, 9.17) is 4.74 Å². The van der Waals surface area contributed by atoms with Crippen LogP contribution >= 0.6 is 0 Å². The Morgan fingerprint density at radius 3 is 2.28 bits per heavy atom. The van der Waals surface area contributed by atoms with Gasteiger partial charge in [-0.15, -0.1) is 0 Å². The summed E-state index contributed by atoms with van der Waals surface area (Å²) in [5.74, 6) is 0.652. The van der Waals surface area contributed by atoms with E-state index in [1.807, 2.05) is 55.5 Å². The number of carbonyl (C=O) groups excluding carboxylic acids is 2. The average molecular weight is 395 g/mol. The monoisotopic (exact) mass is 394 g/mol. The molecule has 2 aromatic carbocycles. The van der Waals surface area contributed by atoms with Gasteiger partial charge < -0.3 is 15.0 Å². The van der Waals surface area contributed by atoms with Gasteiger partial charge in [-0.1, -0.05) is 39.8 Å². The average Bonchev–Trinajstić information content (AvgIpc) is 3.12. The van der Waals surface area contributed by atoms with E-state index in [-0.39, 0.29) is 17.2 Å². The van der Waals surface area contributed by atoms with Gasteiger partial charge >= 0.3 is 0 Å². The summed E-state index contributed by atoms with van der Waals surface area (Å²) in [6.07, 6.45) is 1.48. The molecule has 1 atom stereocenters. The maximum absolute atomic E-state index is 12.7. The van der Waals surface area contributed by atoms with Gasteiger partial charge in [0, 0.05) is 24.3 Å². The lowest BCUT2D eigenvalue weighted by Crippen LogP contribution is -2.32. The fourth-order valence-electron chi connectivity index (χ4n) is 3.39. The Hall–Kier alpha value is -2.82. The van der Waals surface area contributed by atoms with Crippen molar-refractivity contribution >= 4 is 23.2 Å². The van der Waals surface area contributed by atoms with Crippen LogP contribution in [0.4, 0.5) is 11.4 Å². The molecule has 0 aromatic heterocycles. The van der Waals surface area contributed by atoms with Crippen LogP contribution in [-0.4, -0.2) is 24.5 Å². The molecule has 0 saturated carbocycles. The molecule has 0 aliphatic carbocycles. The number of carbonyl (C=O) groups is 2.